The summed E-state index contributed by atoms with van der Waals surface area (Å²) in [4.78, 5) is 19.2. The summed E-state index contributed by atoms with van der Waals surface area (Å²) in [5, 5.41) is 3.18. The van der Waals surface area contributed by atoms with Gasteiger partial charge in [0, 0.05) is 18.2 Å². The molecule has 1 aromatic rings. The van der Waals surface area contributed by atoms with E-state index in [1.54, 1.807) is 12.3 Å². The molecule has 1 aromatic heterocycles. The van der Waals surface area contributed by atoms with Crippen molar-refractivity contribution in [2.45, 2.75) is 31.8 Å². The highest BCUT2D eigenvalue weighted by atomic mass is 16.6. The van der Waals surface area contributed by atoms with Crippen LogP contribution < -0.4 is 14.8 Å². The van der Waals surface area contributed by atoms with E-state index in [4.69, 9.17) is 9.47 Å². The Kier molecular flexibility index (Phi) is 3.41. The second-order valence-corrected chi connectivity index (χ2v) is 6.33. The first kappa shape index (κ1) is 13.8. The zero-order chi connectivity index (χ0) is 15.1. The molecule has 118 valence electrons. The summed E-state index contributed by atoms with van der Waals surface area (Å²) in [6, 6.07) is 2.29. The number of carbonyl (C=O) groups is 1. The van der Waals surface area contributed by atoms with Crippen molar-refractivity contribution in [3.05, 3.63) is 18.0 Å². The summed E-state index contributed by atoms with van der Waals surface area (Å²) in [5.74, 6) is 1.68. The fourth-order valence-electron chi connectivity index (χ4n) is 3.84. The van der Waals surface area contributed by atoms with E-state index >= 15 is 0 Å². The fourth-order valence-corrected chi connectivity index (χ4v) is 3.84. The van der Waals surface area contributed by atoms with Gasteiger partial charge in [-0.1, -0.05) is 0 Å². The number of pyridine rings is 1. The normalized spacial score (nSPS) is 32.6. The lowest BCUT2D eigenvalue weighted by molar-refractivity contribution is 0.0216. The summed E-state index contributed by atoms with van der Waals surface area (Å²) < 4.78 is 11.0. The number of piperidine rings is 3. The molecule has 4 aliphatic heterocycles. The number of nitrogens with one attached hydrogen (secondary N) is 1. The average Bonchev–Trinajstić information content (AvgIpc) is 2.58. The predicted molar refractivity (Wildman–Crippen MR) is 80.2 cm³/mol. The number of hydrogen-bond acceptors (Lipinski definition) is 5. The minimum absolute atomic E-state index is 0.123. The molecule has 0 aliphatic carbocycles. The maximum absolute atomic E-state index is 12.5. The Balaban J connectivity index is 1.50. The van der Waals surface area contributed by atoms with E-state index in [0.29, 0.717) is 42.4 Å². The summed E-state index contributed by atoms with van der Waals surface area (Å²) in [6.45, 7) is 5.54. The number of aromatic nitrogens is 1. The molecule has 0 radical (unpaired) electrons. The second-order valence-electron chi connectivity index (χ2n) is 6.33. The molecule has 3 fully saturated rings. The van der Waals surface area contributed by atoms with Crippen LogP contribution in [0, 0.1) is 5.92 Å². The van der Waals surface area contributed by atoms with Crippen LogP contribution in [0.2, 0.25) is 0 Å². The van der Waals surface area contributed by atoms with Gasteiger partial charge in [-0.25, -0.2) is 4.98 Å². The maximum Gasteiger partial charge on any atom is 0.270 e. The Labute approximate surface area is 129 Å². The lowest BCUT2D eigenvalue weighted by atomic mass is 9.79. The molecule has 1 N–H and O–H groups in total. The van der Waals surface area contributed by atoms with Crippen molar-refractivity contribution in [1.29, 1.82) is 0 Å². The summed E-state index contributed by atoms with van der Waals surface area (Å²) in [6.07, 6.45) is 3.91. The van der Waals surface area contributed by atoms with Crippen LogP contribution in [0.25, 0.3) is 0 Å². The van der Waals surface area contributed by atoms with Gasteiger partial charge in [-0.15, -0.1) is 0 Å². The van der Waals surface area contributed by atoms with Gasteiger partial charge in [0.1, 0.15) is 18.9 Å². The van der Waals surface area contributed by atoms with Gasteiger partial charge in [0.05, 0.1) is 6.20 Å². The van der Waals surface area contributed by atoms with E-state index in [2.05, 4.69) is 22.1 Å². The van der Waals surface area contributed by atoms with Gasteiger partial charge in [-0.3, -0.25) is 9.69 Å². The van der Waals surface area contributed by atoms with Crippen molar-refractivity contribution in [1.82, 2.24) is 15.2 Å². The van der Waals surface area contributed by atoms with Gasteiger partial charge in [-0.05, 0) is 38.8 Å². The first-order valence-corrected chi connectivity index (χ1v) is 8.03. The maximum atomic E-state index is 12.5. The van der Waals surface area contributed by atoms with Crippen molar-refractivity contribution in [3.63, 3.8) is 0 Å². The van der Waals surface area contributed by atoms with Gasteiger partial charge in [0.2, 0.25) is 0 Å². The van der Waals surface area contributed by atoms with Crippen molar-refractivity contribution in [2.75, 3.05) is 26.3 Å². The fraction of sp³-hybridized carbons (Fsp3) is 0.625. The average molecular weight is 303 g/mol. The molecule has 0 saturated carbocycles. The lowest BCUT2D eigenvalue weighted by Gasteiger charge is -2.49. The van der Waals surface area contributed by atoms with Crippen molar-refractivity contribution in [3.8, 4) is 11.5 Å². The van der Waals surface area contributed by atoms with Crippen LogP contribution in [0.4, 0.5) is 0 Å². The monoisotopic (exact) mass is 303 g/mol. The van der Waals surface area contributed by atoms with E-state index in [9.17, 15) is 4.79 Å². The number of rotatable bonds is 2. The molecule has 2 bridgehead atoms. The summed E-state index contributed by atoms with van der Waals surface area (Å²) >= 11 is 0. The van der Waals surface area contributed by atoms with Crippen LogP contribution in [0.5, 0.6) is 11.5 Å². The van der Waals surface area contributed by atoms with Crippen molar-refractivity contribution >= 4 is 5.91 Å². The molecule has 2 atom stereocenters. The van der Waals surface area contributed by atoms with E-state index in [1.807, 2.05) is 0 Å². The Bertz CT molecular complexity index is 582. The molecule has 6 heteroatoms. The number of fused-ring (bicyclic) bond motifs is 4. The Morgan fingerprint density at radius 1 is 1.27 bits per heavy atom. The largest absolute Gasteiger partial charge is 0.486 e. The molecular weight excluding hydrogens is 282 g/mol. The highest BCUT2D eigenvalue weighted by Gasteiger charge is 2.40. The number of ether oxygens (including phenoxy) is 2. The summed E-state index contributed by atoms with van der Waals surface area (Å²) in [7, 11) is 0. The van der Waals surface area contributed by atoms with Crippen molar-refractivity contribution < 1.29 is 14.3 Å². The van der Waals surface area contributed by atoms with Gasteiger partial charge < -0.3 is 14.8 Å². The third-order valence-corrected chi connectivity index (χ3v) is 5.14. The van der Waals surface area contributed by atoms with Crippen LogP contribution in [-0.4, -0.2) is 54.2 Å². The molecule has 1 amide bonds. The number of carbonyl (C=O) groups excluding carboxylic acids is 1. The number of amides is 1. The zero-order valence-electron chi connectivity index (χ0n) is 12.7. The highest BCUT2D eigenvalue weighted by Crippen LogP contribution is 2.33. The molecule has 0 unspecified atom stereocenters. The van der Waals surface area contributed by atoms with Gasteiger partial charge in [0.15, 0.2) is 11.5 Å². The molecule has 5 heterocycles. The van der Waals surface area contributed by atoms with Gasteiger partial charge in [-0.2, -0.15) is 0 Å². The molecule has 0 spiro atoms. The SMILES string of the molecule is C[C@H]1[C@H](NC(=O)c2cc3c(cn2)OCCO3)C2CCN1CC2. The quantitative estimate of drug-likeness (QED) is 0.885. The number of nitrogens with zero attached hydrogens (tertiary/aromatic N) is 2. The first-order chi connectivity index (χ1) is 10.7. The van der Waals surface area contributed by atoms with Crippen LogP contribution >= 0.6 is 0 Å². The second kappa shape index (κ2) is 5.43. The Hall–Kier alpha value is -1.82. The van der Waals surface area contributed by atoms with E-state index in [0.717, 1.165) is 13.1 Å². The third-order valence-electron chi connectivity index (χ3n) is 5.14. The lowest BCUT2D eigenvalue weighted by Crippen LogP contribution is -2.62. The standard InChI is InChI=1S/C16H21N3O3/c1-10-15(11-2-4-19(10)5-3-11)18-16(20)12-8-13-14(9-17-12)22-7-6-21-13/h8-11,15H,2-7H2,1H3,(H,18,20)/t10-,15-/m0/s1. The summed E-state index contributed by atoms with van der Waals surface area (Å²) in [5.41, 5.74) is 0.396. The zero-order valence-corrected chi connectivity index (χ0v) is 12.7. The Morgan fingerprint density at radius 2 is 2.00 bits per heavy atom. The van der Waals surface area contributed by atoms with E-state index < -0.39 is 0 Å². The Morgan fingerprint density at radius 3 is 2.73 bits per heavy atom. The van der Waals surface area contributed by atoms with Crippen molar-refractivity contribution in [2.24, 2.45) is 5.92 Å². The van der Waals surface area contributed by atoms with Gasteiger partial charge in [0.25, 0.3) is 5.91 Å². The molecule has 6 nitrogen and oxygen atoms in total. The molecule has 3 saturated heterocycles. The smallest absolute Gasteiger partial charge is 0.270 e. The molecule has 4 aliphatic rings. The first-order valence-electron chi connectivity index (χ1n) is 8.03. The minimum atomic E-state index is -0.123. The van der Waals surface area contributed by atoms with Crippen LogP contribution in [0.1, 0.15) is 30.3 Å². The topological polar surface area (TPSA) is 63.7 Å². The highest BCUT2D eigenvalue weighted by molar-refractivity contribution is 5.93. The molecular formula is C16H21N3O3. The van der Waals surface area contributed by atoms with E-state index in [-0.39, 0.29) is 11.9 Å². The minimum Gasteiger partial charge on any atom is -0.486 e. The molecule has 5 rings (SSSR count). The molecule has 0 aromatic carbocycles. The van der Waals surface area contributed by atoms with Crippen LogP contribution in [0.15, 0.2) is 12.3 Å². The van der Waals surface area contributed by atoms with Crippen LogP contribution in [-0.2, 0) is 0 Å². The predicted octanol–water partition coefficient (Wildman–Crippen LogP) is 1.07. The third kappa shape index (κ3) is 2.31. The molecule has 22 heavy (non-hydrogen) atoms. The van der Waals surface area contributed by atoms with E-state index in [1.165, 1.54) is 12.8 Å². The van der Waals surface area contributed by atoms with Crippen LogP contribution in [0.3, 0.4) is 0 Å². The van der Waals surface area contributed by atoms with Gasteiger partial charge >= 0.3 is 0 Å². The number of hydrogen-bond donors (Lipinski definition) is 1.